The van der Waals surface area contributed by atoms with E-state index in [0.717, 1.165) is 5.56 Å². The summed E-state index contributed by atoms with van der Waals surface area (Å²) in [6, 6.07) is 16.5. The second-order valence-corrected chi connectivity index (χ2v) is 4.45. The number of nitrogens with one attached hydrogen (secondary N) is 1. The lowest BCUT2D eigenvalue weighted by Crippen LogP contribution is -2.13. The van der Waals surface area contributed by atoms with Crippen molar-refractivity contribution in [3.05, 3.63) is 59.7 Å². The topological polar surface area (TPSA) is 78.9 Å². The average molecular weight is 265 g/mol. The van der Waals surface area contributed by atoms with Crippen LogP contribution >= 0.6 is 0 Å². The van der Waals surface area contributed by atoms with E-state index in [1.54, 1.807) is 24.3 Å². The van der Waals surface area contributed by atoms with E-state index in [2.05, 4.69) is 11.4 Å². The van der Waals surface area contributed by atoms with Gasteiger partial charge in [-0.05, 0) is 36.2 Å². The van der Waals surface area contributed by atoms with Crippen molar-refractivity contribution in [2.45, 2.75) is 12.8 Å². The molecule has 0 aliphatic heterocycles. The minimum atomic E-state index is -0.116. The maximum atomic E-state index is 11.9. The average Bonchev–Trinajstić information content (AvgIpc) is 2.46. The molecule has 2 aromatic rings. The standard InChI is InChI=1S/C16H15N3O/c17-11-13-5-1-2-7-15(13)19-16(20)9-8-12-4-3-6-14(18)10-12/h1-7,10H,8-9,18H2,(H,19,20). The molecule has 0 fully saturated rings. The molecular formula is C16H15N3O. The van der Waals surface area contributed by atoms with Crippen molar-refractivity contribution >= 4 is 17.3 Å². The van der Waals surface area contributed by atoms with Gasteiger partial charge in [-0.15, -0.1) is 0 Å². The molecule has 0 spiro atoms. The summed E-state index contributed by atoms with van der Waals surface area (Å²) in [5.41, 5.74) is 8.42. The molecule has 3 N–H and O–H groups in total. The number of rotatable bonds is 4. The van der Waals surface area contributed by atoms with E-state index in [1.165, 1.54) is 0 Å². The third kappa shape index (κ3) is 3.59. The number of hydrogen-bond donors (Lipinski definition) is 2. The largest absolute Gasteiger partial charge is 0.399 e. The molecule has 0 atom stereocenters. The van der Waals surface area contributed by atoms with Gasteiger partial charge < -0.3 is 11.1 Å². The van der Waals surface area contributed by atoms with Gasteiger partial charge in [0.25, 0.3) is 0 Å². The lowest BCUT2D eigenvalue weighted by atomic mass is 10.1. The molecule has 100 valence electrons. The van der Waals surface area contributed by atoms with E-state index in [1.807, 2.05) is 24.3 Å². The Kier molecular flexibility index (Phi) is 4.35. The van der Waals surface area contributed by atoms with Gasteiger partial charge in [0.05, 0.1) is 11.3 Å². The molecule has 0 aliphatic rings. The second kappa shape index (κ2) is 6.39. The number of anilines is 2. The highest BCUT2D eigenvalue weighted by molar-refractivity contribution is 5.92. The number of nitrogen functional groups attached to an aromatic ring is 1. The molecule has 0 saturated carbocycles. The Hall–Kier alpha value is -2.80. The number of aryl methyl sites for hydroxylation is 1. The number of nitrogens with zero attached hydrogens (tertiary/aromatic N) is 1. The van der Waals surface area contributed by atoms with Crippen LogP contribution in [0.5, 0.6) is 0 Å². The fourth-order valence-electron chi connectivity index (χ4n) is 1.91. The van der Waals surface area contributed by atoms with E-state index in [0.29, 0.717) is 29.8 Å². The third-order valence-corrected chi connectivity index (χ3v) is 2.91. The first-order valence-corrected chi connectivity index (χ1v) is 6.32. The Bertz CT molecular complexity index is 659. The Morgan fingerprint density at radius 2 is 2.00 bits per heavy atom. The lowest BCUT2D eigenvalue weighted by Gasteiger charge is -2.07. The maximum Gasteiger partial charge on any atom is 0.224 e. The fraction of sp³-hybridized carbons (Fsp3) is 0.125. The Balaban J connectivity index is 1.95. The minimum absolute atomic E-state index is 0.116. The Morgan fingerprint density at radius 3 is 2.75 bits per heavy atom. The van der Waals surface area contributed by atoms with Crippen LogP contribution in [0.4, 0.5) is 11.4 Å². The lowest BCUT2D eigenvalue weighted by molar-refractivity contribution is -0.116. The van der Waals surface area contributed by atoms with Crippen molar-refractivity contribution in [3.63, 3.8) is 0 Å². The first-order valence-electron chi connectivity index (χ1n) is 6.32. The van der Waals surface area contributed by atoms with Gasteiger partial charge in [-0.1, -0.05) is 24.3 Å². The smallest absolute Gasteiger partial charge is 0.224 e. The zero-order valence-electron chi connectivity index (χ0n) is 11.0. The van der Waals surface area contributed by atoms with E-state index in [4.69, 9.17) is 11.0 Å². The van der Waals surface area contributed by atoms with Crippen molar-refractivity contribution in [1.82, 2.24) is 0 Å². The zero-order chi connectivity index (χ0) is 14.4. The molecule has 20 heavy (non-hydrogen) atoms. The molecule has 1 amide bonds. The number of para-hydroxylation sites is 1. The van der Waals surface area contributed by atoms with Gasteiger partial charge in [0.1, 0.15) is 6.07 Å². The van der Waals surface area contributed by atoms with Crippen LogP contribution < -0.4 is 11.1 Å². The van der Waals surface area contributed by atoms with Crippen molar-refractivity contribution in [2.24, 2.45) is 0 Å². The van der Waals surface area contributed by atoms with Crippen molar-refractivity contribution in [1.29, 1.82) is 5.26 Å². The fourth-order valence-corrected chi connectivity index (χ4v) is 1.91. The van der Waals surface area contributed by atoms with Crippen LogP contribution in [0.1, 0.15) is 17.5 Å². The molecule has 0 bridgehead atoms. The van der Waals surface area contributed by atoms with Crippen LogP contribution in [0.2, 0.25) is 0 Å². The molecule has 0 unspecified atom stereocenters. The number of hydrogen-bond acceptors (Lipinski definition) is 3. The van der Waals surface area contributed by atoms with Gasteiger partial charge in [0.2, 0.25) is 5.91 Å². The molecule has 4 heteroatoms. The highest BCUT2D eigenvalue weighted by Gasteiger charge is 2.06. The summed E-state index contributed by atoms with van der Waals surface area (Å²) in [7, 11) is 0. The van der Waals surface area contributed by atoms with Crippen molar-refractivity contribution in [3.8, 4) is 6.07 Å². The molecular weight excluding hydrogens is 250 g/mol. The predicted molar refractivity (Wildman–Crippen MR) is 79.0 cm³/mol. The Morgan fingerprint density at radius 1 is 1.20 bits per heavy atom. The second-order valence-electron chi connectivity index (χ2n) is 4.45. The SMILES string of the molecule is N#Cc1ccccc1NC(=O)CCc1cccc(N)c1. The van der Waals surface area contributed by atoms with E-state index < -0.39 is 0 Å². The highest BCUT2D eigenvalue weighted by Crippen LogP contribution is 2.14. The quantitative estimate of drug-likeness (QED) is 0.834. The van der Waals surface area contributed by atoms with Crippen molar-refractivity contribution < 1.29 is 4.79 Å². The van der Waals surface area contributed by atoms with Gasteiger partial charge in [0, 0.05) is 12.1 Å². The summed E-state index contributed by atoms with van der Waals surface area (Å²) in [5, 5.41) is 11.7. The number of carbonyl (C=O) groups is 1. The molecule has 2 rings (SSSR count). The highest BCUT2D eigenvalue weighted by atomic mass is 16.1. The first kappa shape index (κ1) is 13.6. The van der Waals surface area contributed by atoms with E-state index in [-0.39, 0.29) is 5.91 Å². The number of carbonyl (C=O) groups excluding carboxylic acids is 1. The van der Waals surface area contributed by atoms with Crippen LogP contribution in [0.15, 0.2) is 48.5 Å². The third-order valence-electron chi connectivity index (χ3n) is 2.91. The Labute approximate surface area is 117 Å². The predicted octanol–water partition coefficient (Wildman–Crippen LogP) is 2.71. The summed E-state index contributed by atoms with van der Waals surface area (Å²) in [6.45, 7) is 0. The van der Waals surface area contributed by atoms with Crippen molar-refractivity contribution in [2.75, 3.05) is 11.1 Å². The van der Waals surface area contributed by atoms with Gasteiger partial charge in [0.15, 0.2) is 0 Å². The minimum Gasteiger partial charge on any atom is -0.399 e. The van der Waals surface area contributed by atoms with Gasteiger partial charge in [-0.3, -0.25) is 4.79 Å². The summed E-state index contributed by atoms with van der Waals surface area (Å²) >= 11 is 0. The van der Waals surface area contributed by atoms with Crippen LogP contribution in [-0.4, -0.2) is 5.91 Å². The first-order chi connectivity index (χ1) is 9.69. The summed E-state index contributed by atoms with van der Waals surface area (Å²) in [4.78, 5) is 11.9. The van der Waals surface area contributed by atoms with Crippen LogP contribution in [0.25, 0.3) is 0 Å². The number of amides is 1. The molecule has 0 heterocycles. The molecule has 0 saturated heterocycles. The summed E-state index contributed by atoms with van der Waals surface area (Å²) in [5.74, 6) is -0.116. The van der Waals surface area contributed by atoms with E-state index >= 15 is 0 Å². The van der Waals surface area contributed by atoms with Gasteiger partial charge in [-0.25, -0.2) is 0 Å². The number of nitrogens with two attached hydrogens (primary N) is 1. The molecule has 2 aromatic carbocycles. The summed E-state index contributed by atoms with van der Waals surface area (Å²) < 4.78 is 0. The summed E-state index contributed by atoms with van der Waals surface area (Å²) in [6.07, 6.45) is 0.967. The van der Waals surface area contributed by atoms with Crippen LogP contribution in [-0.2, 0) is 11.2 Å². The molecule has 0 aliphatic carbocycles. The zero-order valence-corrected chi connectivity index (χ0v) is 11.0. The van der Waals surface area contributed by atoms with Gasteiger partial charge in [-0.2, -0.15) is 5.26 Å². The van der Waals surface area contributed by atoms with E-state index in [9.17, 15) is 4.79 Å². The monoisotopic (exact) mass is 265 g/mol. The van der Waals surface area contributed by atoms with Crippen LogP contribution in [0, 0.1) is 11.3 Å². The number of nitriles is 1. The molecule has 0 aromatic heterocycles. The van der Waals surface area contributed by atoms with Gasteiger partial charge >= 0.3 is 0 Å². The van der Waals surface area contributed by atoms with Crippen LogP contribution in [0.3, 0.4) is 0 Å². The maximum absolute atomic E-state index is 11.9. The molecule has 4 nitrogen and oxygen atoms in total. The number of benzene rings is 2. The molecule has 0 radical (unpaired) electrons. The normalized spacial score (nSPS) is 9.75.